The van der Waals surface area contributed by atoms with Gasteiger partial charge in [0.15, 0.2) is 11.5 Å². The van der Waals surface area contributed by atoms with Crippen molar-refractivity contribution in [3.05, 3.63) is 15.1 Å². The second-order valence-corrected chi connectivity index (χ2v) is 3.12. The quantitative estimate of drug-likeness (QED) is 0.473. The summed E-state index contributed by atoms with van der Waals surface area (Å²) < 4.78 is 0. The molecule has 0 spiro atoms. The average Bonchev–Trinajstić information content (AvgIpc) is 2.08. The van der Waals surface area contributed by atoms with Crippen LogP contribution in [0.15, 0.2) is 0 Å². The van der Waals surface area contributed by atoms with E-state index in [1.807, 2.05) is 0 Å². The summed E-state index contributed by atoms with van der Waals surface area (Å²) in [5.74, 6) is -2.17. The second-order valence-electron chi connectivity index (χ2n) is 1.99. The van der Waals surface area contributed by atoms with Gasteiger partial charge in [-0.3, -0.25) is 0 Å². The molecule has 0 unspecified atom stereocenters. The van der Waals surface area contributed by atoms with Crippen molar-refractivity contribution in [3.63, 3.8) is 0 Å². The molecule has 12 heavy (non-hydrogen) atoms. The van der Waals surface area contributed by atoms with Crippen LogP contribution in [0, 0.1) is 0 Å². The first-order valence-electron chi connectivity index (χ1n) is 2.74. The third-order valence-electron chi connectivity index (χ3n) is 1.25. The molecule has 0 aliphatic rings. The molecule has 1 aromatic carbocycles. The van der Waals surface area contributed by atoms with E-state index in [0.29, 0.717) is 0 Å². The van der Waals surface area contributed by atoms with Gasteiger partial charge in [0.25, 0.3) is 0 Å². The Morgan fingerprint density at radius 2 is 0.917 bits per heavy atom. The highest BCUT2D eigenvalue weighted by Gasteiger charge is 2.19. The molecule has 3 N–H and O–H groups in total. The van der Waals surface area contributed by atoms with Gasteiger partial charge < -0.3 is 15.3 Å². The van der Waals surface area contributed by atoms with Crippen molar-refractivity contribution in [1.82, 2.24) is 0 Å². The predicted molar refractivity (Wildman–Crippen MR) is 46.5 cm³/mol. The van der Waals surface area contributed by atoms with E-state index in [9.17, 15) is 0 Å². The van der Waals surface area contributed by atoms with Crippen molar-refractivity contribution in [2.75, 3.05) is 0 Å². The van der Waals surface area contributed by atoms with Crippen LogP contribution in [0.5, 0.6) is 17.2 Å². The van der Waals surface area contributed by atoms with Crippen molar-refractivity contribution in [3.8, 4) is 17.2 Å². The Morgan fingerprint density at radius 3 is 1.25 bits per heavy atom. The van der Waals surface area contributed by atoms with Crippen LogP contribution in [0.25, 0.3) is 0 Å². The summed E-state index contributed by atoms with van der Waals surface area (Å²) in [5.41, 5.74) is 0. The van der Waals surface area contributed by atoms with Gasteiger partial charge in [-0.1, -0.05) is 34.8 Å². The molecule has 0 aromatic heterocycles. The third kappa shape index (κ3) is 1.24. The van der Waals surface area contributed by atoms with Gasteiger partial charge in [-0.05, 0) is 0 Å². The van der Waals surface area contributed by atoms with Crippen LogP contribution in [-0.4, -0.2) is 15.3 Å². The topological polar surface area (TPSA) is 60.7 Å². The molecule has 0 bridgehead atoms. The minimum Gasteiger partial charge on any atom is -0.503 e. The molecule has 0 saturated heterocycles. The summed E-state index contributed by atoms with van der Waals surface area (Å²) in [4.78, 5) is 0. The number of hydrogen-bond acceptors (Lipinski definition) is 3. The molecule has 0 amide bonds. The van der Waals surface area contributed by atoms with Gasteiger partial charge in [-0.2, -0.15) is 0 Å². The Morgan fingerprint density at radius 1 is 0.583 bits per heavy atom. The maximum atomic E-state index is 9.01. The smallest absolute Gasteiger partial charge is 0.203 e. The van der Waals surface area contributed by atoms with Crippen molar-refractivity contribution in [1.29, 1.82) is 0 Å². The van der Waals surface area contributed by atoms with Crippen LogP contribution < -0.4 is 0 Å². The molecule has 3 nitrogen and oxygen atoms in total. The highest BCUT2D eigenvalue weighted by molar-refractivity contribution is 6.49. The molecule has 0 heterocycles. The molecule has 0 fully saturated rings. The highest BCUT2D eigenvalue weighted by atomic mass is 35.5. The zero-order valence-electron chi connectivity index (χ0n) is 5.48. The van der Waals surface area contributed by atoms with E-state index in [-0.39, 0.29) is 15.1 Å². The molecule has 6 heteroatoms. The zero-order chi connectivity index (χ0) is 9.46. The van der Waals surface area contributed by atoms with Crippen molar-refractivity contribution < 1.29 is 15.3 Å². The summed E-state index contributed by atoms with van der Waals surface area (Å²) in [6, 6.07) is 0. The number of rotatable bonds is 0. The highest BCUT2D eigenvalue weighted by Crippen LogP contribution is 2.50. The first-order chi connectivity index (χ1) is 5.46. The number of phenols is 3. The number of aromatic hydroxyl groups is 3. The molecule has 0 saturated carbocycles. The van der Waals surface area contributed by atoms with E-state index in [0.717, 1.165) is 0 Å². The minimum absolute atomic E-state index is 0.203. The van der Waals surface area contributed by atoms with E-state index in [2.05, 4.69) is 0 Å². The fourth-order valence-electron chi connectivity index (χ4n) is 0.624. The Hall–Kier alpha value is -0.510. The number of phenolic OH excluding ortho intramolecular Hbond substituents is 3. The second kappa shape index (κ2) is 3.09. The standard InChI is InChI=1S/C6H3Cl3O3/c7-1-2(8)4(10)6(12)5(11)3(1)9/h10-12H. The van der Waals surface area contributed by atoms with Crippen molar-refractivity contribution >= 4 is 34.8 Å². The first kappa shape index (κ1) is 9.58. The van der Waals surface area contributed by atoms with Gasteiger partial charge >= 0.3 is 0 Å². The van der Waals surface area contributed by atoms with Gasteiger partial charge in [0.05, 0.1) is 5.02 Å². The van der Waals surface area contributed by atoms with Crippen LogP contribution in [0.3, 0.4) is 0 Å². The minimum atomic E-state index is -0.783. The summed E-state index contributed by atoms with van der Waals surface area (Å²) in [6.07, 6.45) is 0. The average molecular weight is 229 g/mol. The number of hydrogen-bond donors (Lipinski definition) is 3. The van der Waals surface area contributed by atoms with Crippen LogP contribution in [0.4, 0.5) is 0 Å². The third-order valence-corrected chi connectivity index (χ3v) is 2.56. The Kier molecular flexibility index (Phi) is 2.46. The first-order valence-corrected chi connectivity index (χ1v) is 3.87. The van der Waals surface area contributed by atoms with Crippen LogP contribution in [-0.2, 0) is 0 Å². The molecule has 1 rings (SSSR count). The molecule has 0 atom stereocenters. The summed E-state index contributed by atoms with van der Waals surface area (Å²) in [7, 11) is 0. The molecular formula is C6H3Cl3O3. The number of halogens is 3. The van der Waals surface area contributed by atoms with Crippen molar-refractivity contribution in [2.24, 2.45) is 0 Å². The predicted octanol–water partition coefficient (Wildman–Crippen LogP) is 2.76. The molecule has 0 aliphatic heterocycles. The fourth-order valence-corrected chi connectivity index (χ4v) is 1.22. The van der Waals surface area contributed by atoms with E-state index >= 15 is 0 Å². The summed E-state index contributed by atoms with van der Waals surface area (Å²) in [5, 5.41) is 26.2. The van der Waals surface area contributed by atoms with Gasteiger partial charge in [0, 0.05) is 0 Å². The van der Waals surface area contributed by atoms with Crippen LogP contribution in [0.2, 0.25) is 15.1 Å². The Labute approximate surface area is 82.7 Å². The van der Waals surface area contributed by atoms with Gasteiger partial charge in [0.2, 0.25) is 5.75 Å². The Bertz CT molecular complexity index is 232. The van der Waals surface area contributed by atoms with E-state index in [4.69, 9.17) is 50.1 Å². The van der Waals surface area contributed by atoms with Gasteiger partial charge in [-0.25, -0.2) is 0 Å². The molecule has 66 valence electrons. The lowest BCUT2D eigenvalue weighted by Crippen LogP contribution is -1.78. The van der Waals surface area contributed by atoms with E-state index in [1.165, 1.54) is 0 Å². The maximum Gasteiger partial charge on any atom is 0.203 e. The maximum absolute atomic E-state index is 9.01. The summed E-state index contributed by atoms with van der Waals surface area (Å²) >= 11 is 16.3. The van der Waals surface area contributed by atoms with Crippen LogP contribution >= 0.6 is 34.8 Å². The molecular weight excluding hydrogens is 226 g/mol. The molecule has 0 radical (unpaired) electrons. The van der Waals surface area contributed by atoms with E-state index in [1.54, 1.807) is 0 Å². The lowest BCUT2D eigenvalue weighted by atomic mass is 10.3. The molecule has 1 aromatic rings. The van der Waals surface area contributed by atoms with Gasteiger partial charge in [0.1, 0.15) is 10.0 Å². The largest absolute Gasteiger partial charge is 0.503 e. The van der Waals surface area contributed by atoms with Crippen LogP contribution in [0.1, 0.15) is 0 Å². The van der Waals surface area contributed by atoms with E-state index < -0.39 is 17.2 Å². The van der Waals surface area contributed by atoms with Gasteiger partial charge in [-0.15, -0.1) is 0 Å². The molecule has 0 aliphatic carbocycles. The fraction of sp³-hybridized carbons (Fsp3) is 0. The lowest BCUT2D eigenvalue weighted by molar-refractivity contribution is 0.368. The SMILES string of the molecule is Oc1c(O)c(Cl)c(Cl)c(Cl)c1O. The summed E-state index contributed by atoms with van der Waals surface area (Å²) in [6.45, 7) is 0. The Balaban J connectivity index is 3.60. The monoisotopic (exact) mass is 228 g/mol. The number of benzene rings is 1. The van der Waals surface area contributed by atoms with Crippen molar-refractivity contribution in [2.45, 2.75) is 0 Å². The normalized spacial score (nSPS) is 10.2. The lowest BCUT2D eigenvalue weighted by Gasteiger charge is -2.06. The zero-order valence-corrected chi connectivity index (χ0v) is 7.74.